The molecule has 0 aliphatic carbocycles. The van der Waals surface area contributed by atoms with E-state index in [2.05, 4.69) is 42.5 Å². The predicted octanol–water partition coefficient (Wildman–Crippen LogP) is 4.66. The lowest BCUT2D eigenvalue weighted by Crippen LogP contribution is -1.95. The molecule has 0 atom stereocenters. The van der Waals surface area contributed by atoms with Gasteiger partial charge < -0.3 is 4.74 Å². The van der Waals surface area contributed by atoms with Gasteiger partial charge in [0.05, 0.1) is 0 Å². The van der Waals surface area contributed by atoms with Gasteiger partial charge in [0.25, 0.3) is 0 Å². The van der Waals surface area contributed by atoms with Crippen molar-refractivity contribution in [2.75, 3.05) is 0 Å². The fraction of sp³-hybridized carbons (Fsp3) is 0.100. The maximum Gasteiger partial charge on any atom is 0.119 e. The van der Waals surface area contributed by atoms with Gasteiger partial charge in [-0.05, 0) is 41.3 Å². The first-order valence-electron chi connectivity index (χ1n) is 7.11. The third-order valence-corrected chi connectivity index (χ3v) is 3.37. The van der Waals surface area contributed by atoms with Crippen molar-refractivity contribution in [3.63, 3.8) is 0 Å². The zero-order chi connectivity index (χ0) is 14.3. The zero-order valence-corrected chi connectivity index (χ0v) is 11.8. The summed E-state index contributed by atoms with van der Waals surface area (Å²) in [7, 11) is 0. The summed E-state index contributed by atoms with van der Waals surface area (Å²) in [4.78, 5) is 0. The fourth-order valence-electron chi connectivity index (χ4n) is 2.22. The molecule has 0 bridgehead atoms. The number of hydrogen-bond donors (Lipinski definition) is 0. The van der Waals surface area contributed by atoms with E-state index in [0.29, 0.717) is 6.61 Å². The number of rotatable bonds is 5. The summed E-state index contributed by atoms with van der Waals surface area (Å²) in [5.41, 5.74) is 3.77. The maximum absolute atomic E-state index is 5.79. The molecule has 0 saturated carbocycles. The van der Waals surface area contributed by atoms with Gasteiger partial charge in [-0.1, -0.05) is 66.7 Å². The van der Waals surface area contributed by atoms with E-state index in [4.69, 9.17) is 4.74 Å². The molecule has 103 valence electrons. The average Bonchev–Trinajstić information content (AvgIpc) is 2.56. The van der Waals surface area contributed by atoms with Crippen LogP contribution in [0.2, 0.25) is 0 Å². The van der Waals surface area contributed by atoms with E-state index in [1.54, 1.807) is 0 Å². The molecule has 0 heterocycles. The van der Waals surface area contributed by atoms with Crippen LogP contribution in [0.3, 0.4) is 0 Å². The van der Waals surface area contributed by atoms with Crippen molar-refractivity contribution in [2.24, 2.45) is 0 Å². The normalized spacial score (nSPS) is 10.3. The summed E-state index contributed by atoms with van der Waals surface area (Å²) >= 11 is 0. The second kappa shape index (κ2) is 6.76. The molecule has 1 nitrogen and oxygen atoms in total. The summed E-state index contributed by atoms with van der Waals surface area (Å²) in [6.45, 7) is 0.606. The molecular weight excluding hydrogens is 256 g/mol. The smallest absolute Gasteiger partial charge is 0.119 e. The number of benzene rings is 3. The first-order valence-corrected chi connectivity index (χ1v) is 7.11. The van der Waals surface area contributed by atoms with E-state index in [1.165, 1.54) is 16.7 Å². The average molecular weight is 273 g/mol. The van der Waals surface area contributed by atoms with Gasteiger partial charge in [-0.3, -0.25) is 0 Å². The largest absolute Gasteiger partial charge is 0.489 e. The topological polar surface area (TPSA) is 9.23 Å². The summed E-state index contributed by atoms with van der Waals surface area (Å²) in [5.74, 6) is 0.906. The minimum atomic E-state index is 0.606. The lowest BCUT2D eigenvalue weighted by Gasteiger charge is -2.07. The SMILES string of the molecule is [c]1ccc(Cc2ccc(OCc3ccccc3)cc2)cc1. The summed E-state index contributed by atoms with van der Waals surface area (Å²) in [5, 5.41) is 0. The predicted molar refractivity (Wildman–Crippen MR) is 85.3 cm³/mol. The Labute approximate surface area is 125 Å². The first-order chi connectivity index (χ1) is 10.4. The molecule has 0 fully saturated rings. The van der Waals surface area contributed by atoms with Crippen LogP contribution >= 0.6 is 0 Å². The highest BCUT2D eigenvalue weighted by Crippen LogP contribution is 2.16. The summed E-state index contributed by atoms with van der Waals surface area (Å²) in [6, 6.07) is 29.7. The number of ether oxygens (including phenoxy) is 1. The highest BCUT2D eigenvalue weighted by molar-refractivity contribution is 5.31. The van der Waals surface area contributed by atoms with Crippen molar-refractivity contribution in [3.05, 3.63) is 102 Å². The molecule has 1 heteroatoms. The Kier molecular flexibility index (Phi) is 4.33. The molecule has 0 aliphatic heterocycles. The zero-order valence-electron chi connectivity index (χ0n) is 11.8. The molecule has 3 aromatic rings. The van der Waals surface area contributed by atoms with Crippen LogP contribution in [-0.2, 0) is 13.0 Å². The van der Waals surface area contributed by atoms with Gasteiger partial charge in [0.1, 0.15) is 12.4 Å². The van der Waals surface area contributed by atoms with Crippen LogP contribution in [0.1, 0.15) is 16.7 Å². The van der Waals surface area contributed by atoms with Crippen LogP contribution in [0, 0.1) is 6.07 Å². The van der Waals surface area contributed by atoms with Crippen LogP contribution in [0.15, 0.2) is 78.9 Å². The van der Waals surface area contributed by atoms with E-state index in [1.807, 2.05) is 42.5 Å². The van der Waals surface area contributed by atoms with Crippen LogP contribution < -0.4 is 4.74 Å². The van der Waals surface area contributed by atoms with Crippen LogP contribution in [-0.4, -0.2) is 0 Å². The quantitative estimate of drug-likeness (QED) is 0.657. The third kappa shape index (κ3) is 3.96. The Bertz CT molecular complexity index is 657. The molecule has 0 N–H and O–H groups in total. The summed E-state index contributed by atoms with van der Waals surface area (Å²) in [6.07, 6.45) is 0.938. The second-order valence-electron chi connectivity index (χ2n) is 5.00. The molecule has 0 aliphatic rings. The maximum atomic E-state index is 5.79. The van der Waals surface area contributed by atoms with Crippen LogP contribution in [0.25, 0.3) is 0 Å². The second-order valence-corrected chi connectivity index (χ2v) is 5.00. The highest BCUT2D eigenvalue weighted by atomic mass is 16.5. The number of hydrogen-bond acceptors (Lipinski definition) is 1. The minimum Gasteiger partial charge on any atom is -0.489 e. The molecule has 3 rings (SSSR count). The molecule has 0 aromatic heterocycles. The molecule has 0 unspecified atom stereocenters. The van der Waals surface area contributed by atoms with Crippen molar-refractivity contribution in [3.8, 4) is 5.75 Å². The third-order valence-electron chi connectivity index (χ3n) is 3.37. The molecule has 21 heavy (non-hydrogen) atoms. The first kappa shape index (κ1) is 13.4. The molecule has 0 spiro atoms. The molecule has 1 radical (unpaired) electrons. The standard InChI is InChI=1S/C20H17O/c1-3-7-17(8-4-1)15-18-11-13-20(14-12-18)21-16-19-9-5-2-6-10-19/h2-14H,15-16H2. The Hall–Kier alpha value is -2.54. The lowest BCUT2D eigenvalue weighted by molar-refractivity contribution is 0.306. The van der Waals surface area contributed by atoms with Gasteiger partial charge in [0.2, 0.25) is 0 Å². The van der Waals surface area contributed by atoms with Crippen molar-refractivity contribution in [1.29, 1.82) is 0 Å². The Morgan fingerprint density at radius 3 is 2.05 bits per heavy atom. The lowest BCUT2D eigenvalue weighted by atomic mass is 10.1. The van der Waals surface area contributed by atoms with Gasteiger partial charge >= 0.3 is 0 Å². The van der Waals surface area contributed by atoms with Crippen molar-refractivity contribution in [1.82, 2.24) is 0 Å². The molecule has 3 aromatic carbocycles. The monoisotopic (exact) mass is 273 g/mol. The highest BCUT2D eigenvalue weighted by Gasteiger charge is 1.98. The Morgan fingerprint density at radius 2 is 1.33 bits per heavy atom. The van der Waals surface area contributed by atoms with E-state index in [0.717, 1.165) is 12.2 Å². The van der Waals surface area contributed by atoms with Crippen molar-refractivity contribution >= 4 is 0 Å². The van der Waals surface area contributed by atoms with E-state index >= 15 is 0 Å². The summed E-state index contributed by atoms with van der Waals surface area (Å²) < 4.78 is 5.79. The molecule has 0 amide bonds. The minimum absolute atomic E-state index is 0.606. The van der Waals surface area contributed by atoms with Crippen LogP contribution in [0.4, 0.5) is 0 Å². The Balaban J connectivity index is 1.59. The van der Waals surface area contributed by atoms with Crippen molar-refractivity contribution < 1.29 is 4.74 Å². The van der Waals surface area contributed by atoms with Gasteiger partial charge in [-0.2, -0.15) is 0 Å². The van der Waals surface area contributed by atoms with Gasteiger partial charge in [-0.15, -0.1) is 0 Å². The van der Waals surface area contributed by atoms with Crippen LogP contribution in [0.5, 0.6) is 5.75 Å². The molecule has 0 saturated heterocycles. The van der Waals surface area contributed by atoms with Gasteiger partial charge in [-0.25, -0.2) is 0 Å². The van der Waals surface area contributed by atoms with E-state index in [-0.39, 0.29) is 0 Å². The van der Waals surface area contributed by atoms with Gasteiger partial charge in [0.15, 0.2) is 0 Å². The Morgan fingerprint density at radius 1 is 0.667 bits per heavy atom. The van der Waals surface area contributed by atoms with E-state index < -0.39 is 0 Å². The van der Waals surface area contributed by atoms with E-state index in [9.17, 15) is 0 Å². The molecular formula is C20H17O. The fourth-order valence-corrected chi connectivity index (χ4v) is 2.22. The van der Waals surface area contributed by atoms with Gasteiger partial charge in [0, 0.05) is 0 Å². The van der Waals surface area contributed by atoms with Crippen molar-refractivity contribution in [2.45, 2.75) is 13.0 Å².